The summed E-state index contributed by atoms with van der Waals surface area (Å²) in [5, 5.41) is 2.72. The van der Waals surface area contributed by atoms with Crippen molar-refractivity contribution >= 4 is 11.8 Å². The molecule has 2 aromatic carbocycles. The van der Waals surface area contributed by atoms with Crippen molar-refractivity contribution in [2.45, 2.75) is 13.5 Å². The van der Waals surface area contributed by atoms with Gasteiger partial charge in [-0.2, -0.15) is 0 Å². The summed E-state index contributed by atoms with van der Waals surface area (Å²) in [6, 6.07) is 15.0. The van der Waals surface area contributed by atoms with E-state index in [1.165, 1.54) is 10.5 Å². The van der Waals surface area contributed by atoms with Crippen LogP contribution in [0.1, 0.15) is 22.8 Å². The second kappa shape index (κ2) is 10.6. The first kappa shape index (κ1) is 21.6. The Hall–Kier alpha value is -3.06. The number of piperazine rings is 1. The summed E-state index contributed by atoms with van der Waals surface area (Å²) in [4.78, 5) is 28.0. The number of hydrogen-bond donors (Lipinski definition) is 2. The molecule has 7 heteroatoms. The van der Waals surface area contributed by atoms with E-state index in [2.05, 4.69) is 17.4 Å². The zero-order valence-electron chi connectivity index (χ0n) is 17.6. The molecule has 1 aliphatic heterocycles. The van der Waals surface area contributed by atoms with Crippen LogP contribution < -0.4 is 19.7 Å². The van der Waals surface area contributed by atoms with Crippen molar-refractivity contribution in [2.24, 2.45) is 0 Å². The molecular weight excluding hydrogens is 382 g/mol. The molecule has 1 aliphatic rings. The van der Waals surface area contributed by atoms with E-state index in [1.54, 1.807) is 31.4 Å². The summed E-state index contributed by atoms with van der Waals surface area (Å²) >= 11 is 0. The van der Waals surface area contributed by atoms with Crippen LogP contribution in [0.25, 0.3) is 0 Å². The number of rotatable bonds is 8. The summed E-state index contributed by atoms with van der Waals surface area (Å²) in [6.45, 7) is 6.61. The van der Waals surface area contributed by atoms with E-state index in [1.807, 2.05) is 24.0 Å². The standard InChI is InChI=1S/C23H29N3O4/c1-3-30-21-10-6-19(7-11-21)23(28)24-16-22(27)26-14-12-25(13-15-26)17-18-4-8-20(29-2)9-5-18/h4-11H,3,12-17H2,1-2H3,(H,24,28)/p+1. The van der Waals surface area contributed by atoms with E-state index < -0.39 is 0 Å². The monoisotopic (exact) mass is 412 g/mol. The summed E-state index contributed by atoms with van der Waals surface area (Å²) in [7, 11) is 1.66. The third-order valence-corrected chi connectivity index (χ3v) is 5.26. The molecule has 0 saturated carbocycles. The summed E-state index contributed by atoms with van der Waals surface area (Å²) in [6.07, 6.45) is 0. The van der Waals surface area contributed by atoms with Gasteiger partial charge in [-0.15, -0.1) is 0 Å². The van der Waals surface area contributed by atoms with Crippen molar-refractivity contribution in [1.29, 1.82) is 0 Å². The number of hydrogen-bond acceptors (Lipinski definition) is 4. The molecule has 7 nitrogen and oxygen atoms in total. The van der Waals surface area contributed by atoms with E-state index in [0.29, 0.717) is 25.3 Å². The topological polar surface area (TPSA) is 72.3 Å². The maximum absolute atomic E-state index is 12.5. The number of nitrogens with zero attached hydrogens (tertiary/aromatic N) is 1. The number of nitrogens with one attached hydrogen (secondary N) is 2. The number of methoxy groups -OCH3 is 1. The number of carbonyl (C=O) groups is 2. The molecular formula is C23H30N3O4+. The van der Waals surface area contributed by atoms with Gasteiger partial charge in [-0.25, -0.2) is 0 Å². The third kappa shape index (κ3) is 5.97. The molecule has 0 spiro atoms. The van der Waals surface area contributed by atoms with E-state index in [4.69, 9.17) is 9.47 Å². The normalized spacial score (nSPS) is 14.3. The third-order valence-electron chi connectivity index (χ3n) is 5.26. The highest BCUT2D eigenvalue weighted by Gasteiger charge is 2.24. The number of ether oxygens (including phenoxy) is 2. The van der Waals surface area contributed by atoms with Crippen molar-refractivity contribution in [3.63, 3.8) is 0 Å². The molecule has 3 rings (SSSR count). The van der Waals surface area contributed by atoms with Crippen LogP contribution in [0.15, 0.2) is 48.5 Å². The fraction of sp³-hybridized carbons (Fsp3) is 0.391. The Kier molecular flexibility index (Phi) is 7.68. The Morgan fingerprint density at radius 1 is 1.00 bits per heavy atom. The van der Waals surface area contributed by atoms with Crippen molar-refractivity contribution in [1.82, 2.24) is 10.2 Å². The average molecular weight is 413 g/mol. The Balaban J connectivity index is 1.40. The molecule has 1 fully saturated rings. The minimum atomic E-state index is -0.254. The van der Waals surface area contributed by atoms with E-state index in [0.717, 1.165) is 31.1 Å². The lowest BCUT2D eigenvalue weighted by Gasteiger charge is -2.32. The Labute approximate surface area is 177 Å². The van der Waals surface area contributed by atoms with Gasteiger partial charge in [0, 0.05) is 11.1 Å². The predicted octanol–water partition coefficient (Wildman–Crippen LogP) is 0.751. The van der Waals surface area contributed by atoms with Crippen LogP contribution in [0, 0.1) is 0 Å². The molecule has 0 radical (unpaired) electrons. The van der Waals surface area contributed by atoms with Crippen molar-refractivity contribution in [2.75, 3.05) is 46.4 Å². The van der Waals surface area contributed by atoms with Gasteiger partial charge in [0.1, 0.15) is 18.0 Å². The van der Waals surface area contributed by atoms with Gasteiger partial charge >= 0.3 is 0 Å². The molecule has 0 atom stereocenters. The predicted molar refractivity (Wildman–Crippen MR) is 114 cm³/mol. The van der Waals surface area contributed by atoms with Crippen LogP contribution in [-0.4, -0.2) is 63.2 Å². The molecule has 2 amide bonds. The fourth-order valence-corrected chi connectivity index (χ4v) is 3.52. The van der Waals surface area contributed by atoms with Crippen molar-refractivity contribution < 1.29 is 24.0 Å². The lowest BCUT2D eigenvalue weighted by Crippen LogP contribution is -3.13. The van der Waals surface area contributed by atoms with Crippen LogP contribution in [0.2, 0.25) is 0 Å². The second-order valence-electron chi connectivity index (χ2n) is 7.30. The largest absolute Gasteiger partial charge is 0.497 e. The summed E-state index contributed by atoms with van der Waals surface area (Å²) in [5.41, 5.74) is 1.77. The Bertz CT molecular complexity index is 829. The Morgan fingerprint density at radius 2 is 1.63 bits per heavy atom. The van der Waals surface area contributed by atoms with Crippen molar-refractivity contribution in [3.05, 3.63) is 59.7 Å². The van der Waals surface area contributed by atoms with Gasteiger partial charge in [0.2, 0.25) is 5.91 Å². The zero-order valence-corrected chi connectivity index (χ0v) is 17.6. The van der Waals surface area contributed by atoms with Gasteiger partial charge < -0.3 is 24.6 Å². The first-order valence-electron chi connectivity index (χ1n) is 10.3. The molecule has 0 bridgehead atoms. The van der Waals surface area contributed by atoms with Gasteiger partial charge in [0.15, 0.2) is 0 Å². The van der Waals surface area contributed by atoms with E-state index in [9.17, 15) is 9.59 Å². The first-order valence-corrected chi connectivity index (χ1v) is 10.3. The smallest absolute Gasteiger partial charge is 0.251 e. The molecule has 160 valence electrons. The fourth-order valence-electron chi connectivity index (χ4n) is 3.52. The highest BCUT2D eigenvalue weighted by atomic mass is 16.5. The maximum Gasteiger partial charge on any atom is 0.251 e. The molecule has 2 N–H and O–H groups in total. The maximum atomic E-state index is 12.5. The van der Waals surface area contributed by atoms with Crippen LogP contribution in [-0.2, 0) is 11.3 Å². The molecule has 0 unspecified atom stereocenters. The lowest BCUT2D eigenvalue weighted by molar-refractivity contribution is -0.917. The summed E-state index contributed by atoms with van der Waals surface area (Å²) in [5.74, 6) is 1.28. The highest BCUT2D eigenvalue weighted by molar-refractivity contribution is 5.96. The molecule has 1 heterocycles. The average Bonchev–Trinajstić information content (AvgIpc) is 2.79. The van der Waals surface area contributed by atoms with E-state index >= 15 is 0 Å². The first-order chi connectivity index (χ1) is 14.6. The van der Waals surface area contributed by atoms with Crippen molar-refractivity contribution in [3.8, 4) is 11.5 Å². The highest BCUT2D eigenvalue weighted by Crippen LogP contribution is 2.12. The second-order valence-corrected chi connectivity index (χ2v) is 7.30. The van der Waals surface area contributed by atoms with Crippen LogP contribution in [0.3, 0.4) is 0 Å². The van der Waals surface area contributed by atoms with Gasteiger partial charge in [-0.3, -0.25) is 9.59 Å². The number of carbonyl (C=O) groups excluding carboxylic acids is 2. The molecule has 0 aliphatic carbocycles. The molecule has 2 aromatic rings. The number of benzene rings is 2. The van der Waals surface area contributed by atoms with Gasteiger partial charge in [-0.1, -0.05) is 0 Å². The zero-order chi connectivity index (χ0) is 21.3. The SMILES string of the molecule is CCOc1ccc(C(=O)NCC(=O)N2CC[NH+](Cc3ccc(OC)cc3)CC2)cc1. The Morgan fingerprint density at radius 3 is 2.23 bits per heavy atom. The van der Waals surface area contributed by atoms with Gasteiger partial charge in [0.05, 0.1) is 46.4 Å². The molecule has 0 aromatic heterocycles. The van der Waals surface area contributed by atoms with Crippen LogP contribution in [0.5, 0.6) is 11.5 Å². The van der Waals surface area contributed by atoms with Gasteiger partial charge in [-0.05, 0) is 55.5 Å². The molecule has 30 heavy (non-hydrogen) atoms. The minimum absolute atomic E-state index is 0.0137. The number of quaternary nitrogens is 1. The van der Waals surface area contributed by atoms with Gasteiger partial charge in [0.25, 0.3) is 5.91 Å². The summed E-state index contributed by atoms with van der Waals surface area (Å²) < 4.78 is 10.6. The van der Waals surface area contributed by atoms with Crippen LogP contribution in [0.4, 0.5) is 0 Å². The lowest BCUT2D eigenvalue weighted by atomic mass is 10.2. The molecule has 1 saturated heterocycles. The van der Waals surface area contributed by atoms with E-state index in [-0.39, 0.29) is 18.4 Å². The van der Waals surface area contributed by atoms with Crippen LogP contribution >= 0.6 is 0 Å². The minimum Gasteiger partial charge on any atom is -0.497 e. The quantitative estimate of drug-likeness (QED) is 0.671. The number of amides is 2.